The first kappa shape index (κ1) is 22.0. The summed E-state index contributed by atoms with van der Waals surface area (Å²) in [4.78, 5) is 23.7. The zero-order chi connectivity index (χ0) is 18.7. The molecule has 3 atom stereocenters. The zero-order valence-electron chi connectivity index (χ0n) is 16.5. The van der Waals surface area contributed by atoms with Crippen molar-refractivity contribution < 1.29 is 19.4 Å². The van der Waals surface area contributed by atoms with Crippen molar-refractivity contribution in [3.8, 4) is 0 Å². The molecule has 1 aliphatic rings. The van der Waals surface area contributed by atoms with Gasteiger partial charge in [0.15, 0.2) is 0 Å². The van der Waals surface area contributed by atoms with E-state index in [4.69, 9.17) is 4.74 Å². The van der Waals surface area contributed by atoms with E-state index in [1.807, 2.05) is 0 Å². The number of rotatable bonds is 12. The molecule has 0 radical (unpaired) electrons. The van der Waals surface area contributed by atoms with E-state index in [9.17, 15) is 14.7 Å². The Morgan fingerprint density at radius 3 is 2.24 bits per heavy atom. The summed E-state index contributed by atoms with van der Waals surface area (Å²) in [5.41, 5.74) is 0. The largest absolute Gasteiger partial charge is 0.481 e. The molecule has 3 unspecified atom stereocenters. The first-order chi connectivity index (χ1) is 12.0. The van der Waals surface area contributed by atoms with Crippen LogP contribution in [-0.4, -0.2) is 23.1 Å². The van der Waals surface area contributed by atoms with Gasteiger partial charge in [-0.2, -0.15) is 0 Å². The lowest BCUT2D eigenvalue weighted by Crippen LogP contribution is -2.31. The minimum absolute atomic E-state index is 0.00650. The third-order valence-corrected chi connectivity index (χ3v) is 5.81. The molecule has 0 amide bonds. The van der Waals surface area contributed by atoms with Gasteiger partial charge in [-0.15, -0.1) is 0 Å². The quantitative estimate of drug-likeness (QED) is 0.464. The van der Waals surface area contributed by atoms with E-state index >= 15 is 0 Å². The highest BCUT2D eigenvalue weighted by atomic mass is 16.5. The first-order valence-electron chi connectivity index (χ1n) is 10.4. The number of carbonyl (C=O) groups excluding carboxylic acids is 1. The number of carboxylic acid groups (broad SMARTS) is 1. The molecule has 4 heteroatoms. The van der Waals surface area contributed by atoms with E-state index < -0.39 is 5.97 Å². The van der Waals surface area contributed by atoms with Gasteiger partial charge in [-0.05, 0) is 44.4 Å². The normalized spacial score (nSPS) is 21.9. The van der Waals surface area contributed by atoms with Gasteiger partial charge in [0.25, 0.3) is 0 Å². The molecule has 0 spiro atoms. The maximum Gasteiger partial charge on any atom is 0.309 e. The molecule has 0 aromatic carbocycles. The molecule has 4 nitrogen and oxygen atoms in total. The number of hydrogen-bond donors (Lipinski definition) is 1. The molecule has 0 aliphatic heterocycles. The van der Waals surface area contributed by atoms with Crippen LogP contribution < -0.4 is 0 Å². The molecular formula is C21H38O4. The minimum Gasteiger partial charge on any atom is -0.481 e. The molecule has 1 N–H and O–H groups in total. The van der Waals surface area contributed by atoms with Crippen molar-refractivity contribution in [2.45, 2.75) is 104 Å². The number of carbonyl (C=O) groups is 2. The van der Waals surface area contributed by atoms with Gasteiger partial charge in [0.2, 0.25) is 0 Å². The fourth-order valence-corrected chi connectivity index (χ4v) is 3.91. The highest BCUT2D eigenvalue weighted by Crippen LogP contribution is 2.31. The van der Waals surface area contributed by atoms with Crippen LogP contribution in [0, 0.1) is 17.8 Å². The summed E-state index contributed by atoms with van der Waals surface area (Å²) in [6.07, 6.45) is 11.5. The van der Waals surface area contributed by atoms with Gasteiger partial charge in [-0.25, -0.2) is 0 Å². The Balaban J connectivity index is 2.49. The van der Waals surface area contributed by atoms with Crippen molar-refractivity contribution in [1.29, 1.82) is 0 Å². The third-order valence-electron chi connectivity index (χ3n) is 5.81. The van der Waals surface area contributed by atoms with Gasteiger partial charge in [-0.1, -0.05) is 59.3 Å². The van der Waals surface area contributed by atoms with Gasteiger partial charge in [0, 0.05) is 0 Å². The lowest BCUT2D eigenvalue weighted by Gasteiger charge is -2.27. The monoisotopic (exact) mass is 354 g/mol. The summed E-state index contributed by atoms with van der Waals surface area (Å²) in [6, 6.07) is 0. The molecule has 1 saturated carbocycles. The Bertz CT molecular complexity index is 389. The lowest BCUT2D eigenvalue weighted by molar-refractivity contribution is -0.158. The fourth-order valence-electron chi connectivity index (χ4n) is 3.91. The van der Waals surface area contributed by atoms with Crippen LogP contribution >= 0.6 is 0 Å². The number of ether oxygens (including phenoxy) is 1. The topological polar surface area (TPSA) is 63.6 Å². The maximum absolute atomic E-state index is 12.5. The van der Waals surface area contributed by atoms with Crippen LogP contribution in [0.15, 0.2) is 0 Å². The zero-order valence-corrected chi connectivity index (χ0v) is 16.5. The molecule has 146 valence electrons. The highest BCUT2D eigenvalue weighted by molar-refractivity contribution is 5.75. The van der Waals surface area contributed by atoms with Gasteiger partial charge in [0.1, 0.15) is 6.10 Å². The summed E-state index contributed by atoms with van der Waals surface area (Å²) < 4.78 is 5.84. The van der Waals surface area contributed by atoms with E-state index in [0.29, 0.717) is 12.8 Å². The van der Waals surface area contributed by atoms with Gasteiger partial charge >= 0.3 is 11.9 Å². The van der Waals surface area contributed by atoms with Crippen LogP contribution in [0.4, 0.5) is 0 Å². The highest BCUT2D eigenvalue weighted by Gasteiger charge is 2.32. The van der Waals surface area contributed by atoms with Gasteiger partial charge < -0.3 is 9.84 Å². The van der Waals surface area contributed by atoms with Crippen LogP contribution in [0.3, 0.4) is 0 Å². The van der Waals surface area contributed by atoms with E-state index in [1.165, 1.54) is 19.3 Å². The number of aliphatic carboxylic acids is 1. The van der Waals surface area contributed by atoms with E-state index in [1.54, 1.807) is 0 Å². The standard InChI is InChI=1S/C21H38O4/c1-4-7-13-19(14-8-10-16(5-2)6-3)25-21(24)18-12-9-11-17(15-18)20(22)23/h16-19H,4-15H2,1-3H3,(H,22,23). The van der Waals surface area contributed by atoms with Crippen molar-refractivity contribution in [1.82, 2.24) is 0 Å². The molecule has 1 aliphatic carbocycles. The van der Waals surface area contributed by atoms with Gasteiger partial charge in [-0.3, -0.25) is 9.59 Å². The SMILES string of the molecule is CCCCC(CCCC(CC)CC)OC(=O)C1CCCC(C(=O)O)C1. The van der Waals surface area contributed by atoms with Crippen molar-refractivity contribution in [2.24, 2.45) is 17.8 Å². The Morgan fingerprint density at radius 2 is 1.64 bits per heavy atom. The Labute approximate surface area is 153 Å². The van der Waals surface area contributed by atoms with Crippen molar-refractivity contribution in [3.05, 3.63) is 0 Å². The summed E-state index contributed by atoms with van der Waals surface area (Å²) in [6.45, 7) is 6.64. The summed E-state index contributed by atoms with van der Waals surface area (Å²) in [5.74, 6) is -0.759. The molecule has 1 fully saturated rings. The predicted octanol–water partition coefficient (Wildman–Crippen LogP) is 5.59. The second kappa shape index (κ2) is 12.3. The number of unbranched alkanes of at least 4 members (excludes halogenated alkanes) is 1. The minimum atomic E-state index is -0.773. The lowest BCUT2D eigenvalue weighted by atomic mass is 9.81. The first-order valence-corrected chi connectivity index (χ1v) is 10.4. The molecule has 0 aromatic rings. The molecular weight excluding hydrogens is 316 g/mol. The molecule has 0 aromatic heterocycles. The Hall–Kier alpha value is -1.06. The molecule has 0 bridgehead atoms. The van der Waals surface area contributed by atoms with E-state index in [0.717, 1.165) is 50.9 Å². The number of carboxylic acids is 1. The second-order valence-corrected chi connectivity index (χ2v) is 7.71. The smallest absolute Gasteiger partial charge is 0.309 e. The number of esters is 1. The Morgan fingerprint density at radius 1 is 1.00 bits per heavy atom. The summed E-state index contributed by atoms with van der Waals surface area (Å²) >= 11 is 0. The van der Waals surface area contributed by atoms with Crippen LogP contribution in [0.5, 0.6) is 0 Å². The average Bonchev–Trinajstić information content (AvgIpc) is 2.63. The fraction of sp³-hybridized carbons (Fsp3) is 0.905. The number of hydrogen-bond acceptors (Lipinski definition) is 3. The molecule has 0 heterocycles. The van der Waals surface area contributed by atoms with E-state index in [2.05, 4.69) is 20.8 Å². The van der Waals surface area contributed by atoms with Crippen LogP contribution in [0.2, 0.25) is 0 Å². The summed E-state index contributed by atoms with van der Waals surface area (Å²) in [7, 11) is 0. The second-order valence-electron chi connectivity index (χ2n) is 7.71. The molecule has 1 rings (SSSR count). The van der Waals surface area contributed by atoms with E-state index in [-0.39, 0.29) is 23.9 Å². The van der Waals surface area contributed by atoms with Gasteiger partial charge in [0.05, 0.1) is 11.8 Å². The van der Waals surface area contributed by atoms with Crippen molar-refractivity contribution >= 4 is 11.9 Å². The van der Waals surface area contributed by atoms with Crippen LogP contribution in [-0.2, 0) is 14.3 Å². The molecule has 0 saturated heterocycles. The predicted molar refractivity (Wildman–Crippen MR) is 100 cm³/mol. The van der Waals surface area contributed by atoms with Crippen molar-refractivity contribution in [3.63, 3.8) is 0 Å². The Kier molecular flexibility index (Phi) is 10.8. The average molecular weight is 355 g/mol. The van der Waals surface area contributed by atoms with Crippen molar-refractivity contribution in [2.75, 3.05) is 0 Å². The van der Waals surface area contributed by atoms with Crippen LogP contribution in [0.1, 0.15) is 97.8 Å². The van der Waals surface area contributed by atoms with Crippen LogP contribution in [0.25, 0.3) is 0 Å². The summed E-state index contributed by atoms with van der Waals surface area (Å²) in [5, 5.41) is 9.20. The molecule has 25 heavy (non-hydrogen) atoms. The maximum atomic E-state index is 12.5. The third kappa shape index (κ3) is 8.24.